The Labute approximate surface area is 184 Å². The van der Waals surface area contributed by atoms with E-state index in [1.165, 1.54) is 0 Å². The Bertz CT molecular complexity index is 988. The molecule has 0 saturated carbocycles. The van der Waals surface area contributed by atoms with Gasteiger partial charge in [-0.3, -0.25) is 9.69 Å². The van der Waals surface area contributed by atoms with Crippen LogP contribution in [0.15, 0.2) is 41.6 Å². The third-order valence-electron chi connectivity index (χ3n) is 6.29. The second kappa shape index (κ2) is 9.50. The molecule has 8 nitrogen and oxygen atoms in total. The van der Waals surface area contributed by atoms with Crippen molar-refractivity contribution in [3.8, 4) is 0 Å². The van der Waals surface area contributed by atoms with Gasteiger partial charge in [-0.05, 0) is 44.0 Å². The summed E-state index contributed by atoms with van der Waals surface area (Å²) in [6.45, 7) is 8.00. The Kier molecular flexibility index (Phi) is 6.74. The Morgan fingerprint density at radius 2 is 1.61 bits per heavy atom. The smallest absolute Gasteiger partial charge is 0.253 e. The van der Waals surface area contributed by atoms with Gasteiger partial charge in [-0.1, -0.05) is 6.42 Å². The van der Waals surface area contributed by atoms with Crippen LogP contribution in [0.3, 0.4) is 0 Å². The number of sulfonamides is 1. The van der Waals surface area contributed by atoms with Crippen molar-refractivity contribution in [3.05, 3.63) is 48.0 Å². The Morgan fingerprint density at radius 3 is 2.23 bits per heavy atom. The summed E-state index contributed by atoms with van der Waals surface area (Å²) in [5.41, 5.74) is 0.542. The average Bonchev–Trinajstić information content (AvgIpc) is 3.23. The fourth-order valence-corrected chi connectivity index (χ4v) is 5.79. The molecule has 2 aliphatic rings. The standard InChI is InChI=1S/C22H31N5O3S/c1-19-23-9-12-25(19)16-13-24-14-17-26(18-15-24)22(28)20-5-7-21(8-6-20)31(29,30)27-10-3-2-4-11-27/h5-9,12H,2-4,10-11,13-18H2,1H3. The highest BCUT2D eigenvalue weighted by Crippen LogP contribution is 2.21. The summed E-state index contributed by atoms with van der Waals surface area (Å²) >= 11 is 0. The minimum Gasteiger partial charge on any atom is -0.336 e. The van der Waals surface area contributed by atoms with Crippen LogP contribution in [0.5, 0.6) is 0 Å². The first-order chi connectivity index (χ1) is 14.9. The number of piperidine rings is 1. The zero-order chi connectivity index (χ0) is 21.8. The van der Waals surface area contributed by atoms with Gasteiger partial charge in [0.25, 0.3) is 5.91 Å². The van der Waals surface area contributed by atoms with Crippen molar-refractivity contribution in [1.82, 2.24) is 23.7 Å². The molecule has 4 rings (SSSR count). The van der Waals surface area contributed by atoms with E-state index in [1.807, 2.05) is 24.2 Å². The molecule has 0 radical (unpaired) electrons. The van der Waals surface area contributed by atoms with E-state index in [1.54, 1.807) is 28.6 Å². The Balaban J connectivity index is 1.31. The monoisotopic (exact) mass is 445 g/mol. The minimum atomic E-state index is -3.47. The maximum atomic E-state index is 12.9. The largest absolute Gasteiger partial charge is 0.336 e. The molecule has 9 heteroatoms. The Hall–Kier alpha value is -2.23. The molecule has 0 unspecified atom stereocenters. The summed E-state index contributed by atoms with van der Waals surface area (Å²) in [5, 5.41) is 0. The van der Waals surface area contributed by atoms with Crippen LogP contribution >= 0.6 is 0 Å². The summed E-state index contributed by atoms with van der Waals surface area (Å²) in [6, 6.07) is 6.43. The van der Waals surface area contributed by atoms with E-state index < -0.39 is 10.0 Å². The summed E-state index contributed by atoms with van der Waals surface area (Å²) < 4.78 is 29.3. The van der Waals surface area contributed by atoms with Crippen molar-refractivity contribution in [1.29, 1.82) is 0 Å². The first kappa shape index (κ1) is 22.0. The third-order valence-corrected chi connectivity index (χ3v) is 8.21. The number of hydrogen-bond acceptors (Lipinski definition) is 5. The van der Waals surface area contributed by atoms with Crippen LogP contribution in [0.25, 0.3) is 0 Å². The van der Waals surface area contributed by atoms with Crippen LogP contribution in [-0.2, 0) is 16.6 Å². The number of aromatic nitrogens is 2. The highest BCUT2D eigenvalue weighted by molar-refractivity contribution is 7.89. The quantitative estimate of drug-likeness (QED) is 0.678. The van der Waals surface area contributed by atoms with Gasteiger partial charge in [0.1, 0.15) is 5.82 Å². The molecule has 31 heavy (non-hydrogen) atoms. The number of piperazine rings is 1. The van der Waals surface area contributed by atoms with Crippen LogP contribution < -0.4 is 0 Å². The highest BCUT2D eigenvalue weighted by Gasteiger charge is 2.27. The second-order valence-electron chi connectivity index (χ2n) is 8.29. The minimum absolute atomic E-state index is 0.0352. The fourth-order valence-electron chi connectivity index (χ4n) is 4.27. The molecule has 0 atom stereocenters. The number of benzene rings is 1. The van der Waals surface area contributed by atoms with Crippen molar-refractivity contribution in [3.63, 3.8) is 0 Å². The molecule has 0 aliphatic carbocycles. The summed E-state index contributed by atoms with van der Waals surface area (Å²) in [7, 11) is -3.47. The second-order valence-corrected chi connectivity index (χ2v) is 10.2. The molecule has 0 spiro atoms. The lowest BCUT2D eigenvalue weighted by Gasteiger charge is -2.35. The van der Waals surface area contributed by atoms with E-state index in [0.29, 0.717) is 31.7 Å². The molecular weight excluding hydrogens is 414 g/mol. The maximum Gasteiger partial charge on any atom is 0.253 e. The topological polar surface area (TPSA) is 78.8 Å². The maximum absolute atomic E-state index is 12.9. The molecule has 1 aromatic carbocycles. The molecule has 0 N–H and O–H groups in total. The van der Waals surface area contributed by atoms with E-state index in [0.717, 1.165) is 51.3 Å². The van der Waals surface area contributed by atoms with E-state index in [-0.39, 0.29) is 10.8 Å². The number of rotatable bonds is 6. The zero-order valence-electron chi connectivity index (χ0n) is 18.1. The third kappa shape index (κ3) is 4.99. The van der Waals surface area contributed by atoms with E-state index in [9.17, 15) is 13.2 Å². The molecule has 1 aromatic heterocycles. The zero-order valence-corrected chi connectivity index (χ0v) is 18.9. The normalized spacial score (nSPS) is 18.9. The molecular formula is C22H31N5O3S. The first-order valence-corrected chi connectivity index (χ1v) is 12.5. The lowest BCUT2D eigenvalue weighted by Crippen LogP contribution is -2.49. The average molecular weight is 446 g/mol. The fraction of sp³-hybridized carbons (Fsp3) is 0.545. The lowest BCUT2D eigenvalue weighted by molar-refractivity contribution is 0.0633. The van der Waals surface area contributed by atoms with Gasteiger partial charge < -0.3 is 9.47 Å². The van der Waals surface area contributed by atoms with Gasteiger partial charge in [0.15, 0.2) is 0 Å². The highest BCUT2D eigenvalue weighted by atomic mass is 32.2. The predicted molar refractivity (Wildman–Crippen MR) is 118 cm³/mol. The van der Waals surface area contributed by atoms with Gasteiger partial charge in [-0.15, -0.1) is 0 Å². The SMILES string of the molecule is Cc1nccn1CCN1CCN(C(=O)c2ccc(S(=O)(=O)N3CCCCC3)cc2)CC1. The van der Waals surface area contributed by atoms with Gasteiger partial charge in [-0.25, -0.2) is 13.4 Å². The van der Waals surface area contributed by atoms with Crippen LogP contribution in [0.4, 0.5) is 0 Å². The molecule has 168 valence electrons. The number of hydrogen-bond donors (Lipinski definition) is 0. The number of nitrogens with zero attached hydrogens (tertiary/aromatic N) is 5. The predicted octanol–water partition coefficient (Wildman–Crippen LogP) is 1.82. The van der Waals surface area contributed by atoms with Crippen LogP contribution in [0.1, 0.15) is 35.4 Å². The number of carbonyl (C=O) groups is 1. The van der Waals surface area contributed by atoms with Crippen molar-refractivity contribution in [2.24, 2.45) is 0 Å². The van der Waals surface area contributed by atoms with Gasteiger partial charge >= 0.3 is 0 Å². The molecule has 2 saturated heterocycles. The summed E-state index contributed by atoms with van der Waals surface area (Å²) in [6.07, 6.45) is 6.70. The summed E-state index contributed by atoms with van der Waals surface area (Å²) in [4.78, 5) is 21.6. The van der Waals surface area contributed by atoms with E-state index in [2.05, 4.69) is 14.5 Å². The van der Waals surface area contributed by atoms with Crippen LogP contribution in [-0.4, -0.2) is 83.8 Å². The van der Waals surface area contributed by atoms with Crippen molar-refractivity contribution < 1.29 is 13.2 Å². The molecule has 2 fully saturated rings. The molecule has 3 heterocycles. The van der Waals surface area contributed by atoms with Crippen LogP contribution in [0, 0.1) is 6.92 Å². The van der Waals surface area contributed by atoms with Crippen molar-refractivity contribution in [2.45, 2.75) is 37.6 Å². The van der Waals surface area contributed by atoms with E-state index >= 15 is 0 Å². The molecule has 2 aromatic rings. The van der Waals surface area contributed by atoms with Gasteiger partial charge in [0.2, 0.25) is 10.0 Å². The number of imidazole rings is 1. The number of carbonyl (C=O) groups excluding carboxylic acids is 1. The number of aryl methyl sites for hydroxylation is 1. The van der Waals surface area contributed by atoms with E-state index in [4.69, 9.17) is 0 Å². The first-order valence-electron chi connectivity index (χ1n) is 11.0. The number of amides is 1. The van der Waals surface area contributed by atoms with Crippen LogP contribution in [0.2, 0.25) is 0 Å². The Morgan fingerprint density at radius 1 is 0.935 bits per heavy atom. The van der Waals surface area contributed by atoms with Gasteiger partial charge in [0, 0.05) is 70.3 Å². The molecule has 2 aliphatic heterocycles. The molecule has 0 bridgehead atoms. The summed E-state index contributed by atoms with van der Waals surface area (Å²) in [5.74, 6) is 0.978. The van der Waals surface area contributed by atoms with Crippen molar-refractivity contribution in [2.75, 3.05) is 45.8 Å². The molecule has 1 amide bonds. The lowest BCUT2D eigenvalue weighted by atomic mass is 10.2. The van der Waals surface area contributed by atoms with Gasteiger partial charge in [-0.2, -0.15) is 4.31 Å². The van der Waals surface area contributed by atoms with Crippen molar-refractivity contribution >= 4 is 15.9 Å². The van der Waals surface area contributed by atoms with Gasteiger partial charge in [0.05, 0.1) is 4.90 Å².